The van der Waals surface area contributed by atoms with Gasteiger partial charge in [-0.2, -0.15) is 8.42 Å². The van der Waals surface area contributed by atoms with Gasteiger partial charge in [0.2, 0.25) is 16.9 Å². The van der Waals surface area contributed by atoms with Gasteiger partial charge in [-0.3, -0.25) is 15.3 Å². The summed E-state index contributed by atoms with van der Waals surface area (Å²) < 4.78 is 38.3. The van der Waals surface area contributed by atoms with Crippen molar-refractivity contribution in [1.29, 1.82) is 0 Å². The average molecular weight is 573 g/mol. The van der Waals surface area contributed by atoms with Gasteiger partial charge in [-0.15, -0.1) is 0 Å². The number of carbonyl (C=O) groups excluding carboxylic acids is 2. The van der Waals surface area contributed by atoms with E-state index in [9.17, 15) is 18.0 Å². The molecule has 3 aromatic rings. The Bertz CT molecular complexity index is 1680. The number of oxazole rings is 1. The second-order valence-electron chi connectivity index (χ2n) is 10.6. The molecule has 14 heteroatoms. The highest BCUT2D eigenvalue weighted by molar-refractivity contribution is 7.89. The predicted octanol–water partition coefficient (Wildman–Crippen LogP) is 0.915. The Hall–Kier alpha value is -3.41. The Balaban J connectivity index is 1.09. The third kappa shape index (κ3) is 4.68. The van der Waals surface area contributed by atoms with Crippen molar-refractivity contribution in [2.24, 2.45) is 22.8 Å². The van der Waals surface area contributed by atoms with Crippen molar-refractivity contribution < 1.29 is 26.8 Å². The first-order valence-electron chi connectivity index (χ1n) is 12.3. The summed E-state index contributed by atoms with van der Waals surface area (Å²) in [4.78, 5) is 29.6. The molecule has 204 valence electrons. The van der Waals surface area contributed by atoms with Crippen LogP contribution >= 0.6 is 11.6 Å². The second kappa shape index (κ2) is 8.80. The summed E-state index contributed by atoms with van der Waals surface area (Å²) in [5.41, 5.74) is 11.4. The maximum Gasteiger partial charge on any atom is 0.297 e. The normalized spacial score (nSPS) is 29.7. The van der Waals surface area contributed by atoms with E-state index in [1.807, 2.05) is 4.72 Å². The molecule has 1 saturated carbocycles. The fourth-order valence-corrected chi connectivity index (χ4v) is 6.72. The standard InChI is InChI=1S/C25H25ClN6O6S/c26-15-1-2-17-16(9-15)30-22(38-17)24(27)11-23(12-24)6-7-25(28,13-23)31-21(34)18-3-4-19(37-18)39(35,36)32-20(33)14-5-8-29-10-14/h1-4,9,14,29H,5,8,10-13,27-28H2,(H,31,34)(H,32,33)/t14?,23?,24?,25-/m0/s1. The van der Waals surface area contributed by atoms with Crippen LogP contribution in [0.1, 0.15) is 42.1 Å². The average Bonchev–Trinajstić information content (AvgIpc) is 3.63. The third-order valence-electron chi connectivity index (χ3n) is 7.32. The van der Waals surface area contributed by atoms with Crippen LogP contribution in [0.15, 0.2) is 44.3 Å². The number of carbonyl (C=O) groups is 2. The highest BCUT2D eigenvalue weighted by Gasteiger charge is 2.59. The van der Waals surface area contributed by atoms with Crippen molar-refractivity contribution in [3.8, 4) is 11.8 Å². The highest BCUT2D eigenvalue weighted by Crippen LogP contribution is 2.57. The minimum atomic E-state index is -4.29. The van der Waals surface area contributed by atoms with Gasteiger partial charge in [-0.25, -0.2) is 9.71 Å². The fraction of sp³-hybridized carbons (Fsp3) is 0.400. The maximum atomic E-state index is 12.9. The molecule has 1 aliphatic heterocycles. The van der Waals surface area contributed by atoms with Gasteiger partial charge in [-0.05, 0) is 56.1 Å². The molecule has 2 aliphatic carbocycles. The van der Waals surface area contributed by atoms with E-state index >= 15 is 0 Å². The Morgan fingerprint density at radius 2 is 1.92 bits per heavy atom. The summed E-state index contributed by atoms with van der Waals surface area (Å²) in [5, 5.41) is 5.60. The van der Waals surface area contributed by atoms with E-state index in [0.29, 0.717) is 54.4 Å². The Kier molecular flexibility index (Phi) is 5.83. The molecule has 0 bridgehead atoms. The Morgan fingerprint density at radius 1 is 1.13 bits per heavy atom. The molecule has 39 heavy (non-hydrogen) atoms. The first-order valence-corrected chi connectivity index (χ1v) is 14.1. The molecule has 2 fully saturated rings. The molecule has 6 rings (SSSR count). The lowest BCUT2D eigenvalue weighted by Gasteiger charge is -2.49. The largest absolute Gasteiger partial charge is 0.439 e. The van der Waals surface area contributed by atoms with Crippen LogP contribution in [0.25, 0.3) is 11.1 Å². The molecule has 2 amide bonds. The number of aromatic nitrogens is 1. The molecule has 0 radical (unpaired) electrons. The number of hydrogen-bond donors (Lipinski definition) is 5. The molecule has 3 heterocycles. The van der Waals surface area contributed by atoms with Gasteiger partial charge < -0.3 is 25.2 Å². The molecule has 12 nitrogen and oxygen atoms in total. The number of amides is 2. The van der Waals surface area contributed by atoms with Crippen molar-refractivity contribution in [3.05, 3.63) is 47.0 Å². The minimum Gasteiger partial charge on any atom is -0.439 e. The molecule has 3 aliphatic rings. The topological polar surface area (TPSA) is 196 Å². The van der Waals surface area contributed by atoms with E-state index < -0.39 is 49.5 Å². The van der Waals surface area contributed by atoms with Crippen molar-refractivity contribution in [2.75, 3.05) is 13.1 Å². The van der Waals surface area contributed by atoms with Gasteiger partial charge in [-0.1, -0.05) is 23.4 Å². The van der Waals surface area contributed by atoms with Crippen LogP contribution < -0.4 is 26.8 Å². The van der Waals surface area contributed by atoms with Crippen molar-refractivity contribution in [2.45, 2.75) is 42.0 Å². The lowest BCUT2D eigenvalue weighted by Crippen LogP contribution is -2.60. The predicted molar refractivity (Wildman–Crippen MR) is 138 cm³/mol. The van der Waals surface area contributed by atoms with Crippen LogP contribution in [0.2, 0.25) is 5.02 Å². The van der Waals surface area contributed by atoms with Crippen molar-refractivity contribution in [3.63, 3.8) is 0 Å². The molecule has 1 saturated heterocycles. The van der Waals surface area contributed by atoms with Crippen LogP contribution in [0.4, 0.5) is 0 Å². The zero-order valence-electron chi connectivity index (χ0n) is 20.5. The third-order valence-corrected chi connectivity index (χ3v) is 8.78. The first-order chi connectivity index (χ1) is 18.4. The summed E-state index contributed by atoms with van der Waals surface area (Å²) in [6.07, 6.45) is 1.63. The first kappa shape index (κ1) is 25.8. The minimum absolute atomic E-state index is 0.258. The van der Waals surface area contributed by atoms with E-state index in [4.69, 9.17) is 31.9 Å². The summed E-state index contributed by atoms with van der Waals surface area (Å²) in [6.45, 7) is 1.02. The van der Waals surface area contributed by atoms with E-state index in [0.717, 1.165) is 6.07 Å². The molecule has 7 N–H and O–H groups in total. The number of nitrogens with zero attached hydrogens (tertiary/aromatic N) is 1. The molecule has 1 spiro atoms. The number of benzene rings is 1. The van der Waals surface area contributed by atoms with Gasteiger partial charge >= 0.3 is 0 Å². The van der Waals surface area contributed by atoms with E-state index in [-0.39, 0.29) is 12.2 Å². The number of nitrogens with two attached hydrogens (primary N) is 2. The molecule has 1 unspecified atom stereocenters. The van der Waals surface area contributed by atoms with E-state index in [1.54, 1.807) is 18.2 Å². The lowest BCUT2D eigenvalue weighted by molar-refractivity contribution is -0.122. The van der Waals surface area contributed by atoms with Crippen LogP contribution in [-0.4, -0.2) is 44.0 Å². The van der Waals surface area contributed by atoms with Gasteiger partial charge in [0.1, 0.15) is 5.52 Å². The number of rotatable bonds is 6. The number of fused-ring (bicyclic) bond motifs is 1. The van der Waals surface area contributed by atoms with Crippen molar-refractivity contribution in [1.82, 2.24) is 20.3 Å². The number of furan rings is 1. The molecular weight excluding hydrogens is 548 g/mol. The Labute approximate surface area is 228 Å². The number of hydrogen-bond acceptors (Lipinski definition) is 10. The summed E-state index contributed by atoms with van der Waals surface area (Å²) in [5.74, 6) is 4.28. The number of halogens is 1. The maximum absolute atomic E-state index is 12.9. The number of sulfonamides is 1. The fourth-order valence-electron chi connectivity index (χ4n) is 5.57. The molecule has 2 aromatic heterocycles. The van der Waals surface area contributed by atoms with Gasteiger partial charge in [0, 0.05) is 23.4 Å². The zero-order valence-corrected chi connectivity index (χ0v) is 22.1. The van der Waals surface area contributed by atoms with E-state index in [1.165, 1.54) is 6.07 Å². The zero-order chi connectivity index (χ0) is 27.6. The molecule has 1 aromatic carbocycles. The summed E-state index contributed by atoms with van der Waals surface area (Å²) in [6, 6.07) is 7.43. The summed E-state index contributed by atoms with van der Waals surface area (Å²) >= 11 is 6.04. The van der Waals surface area contributed by atoms with Crippen molar-refractivity contribution >= 4 is 44.5 Å². The van der Waals surface area contributed by atoms with Crippen LogP contribution in [0, 0.1) is 23.2 Å². The number of nitrogens with one attached hydrogen (secondary N) is 3. The smallest absolute Gasteiger partial charge is 0.297 e. The molecular formula is C25H25ClN6O6S. The van der Waals surface area contributed by atoms with Gasteiger partial charge in [0.25, 0.3) is 15.9 Å². The molecule has 2 atom stereocenters. The van der Waals surface area contributed by atoms with Gasteiger partial charge in [0.15, 0.2) is 17.0 Å². The van der Waals surface area contributed by atoms with E-state index in [2.05, 4.69) is 27.5 Å². The highest BCUT2D eigenvalue weighted by atomic mass is 35.5. The Morgan fingerprint density at radius 3 is 2.67 bits per heavy atom. The lowest BCUT2D eigenvalue weighted by atomic mass is 9.57. The quantitative estimate of drug-likeness (QED) is 0.209. The SMILES string of the molecule is NC1(c2nc3cc(Cl)ccc3o2)CC2(C#C[C@](N)(NC(=O)c3ccc(S(=O)(=O)NC(=O)C4CCNC4)o3)C2)C1. The second-order valence-corrected chi connectivity index (χ2v) is 12.6. The van der Waals surface area contributed by atoms with Crippen LogP contribution in [0.5, 0.6) is 0 Å². The monoisotopic (exact) mass is 572 g/mol. The van der Waals surface area contributed by atoms with Gasteiger partial charge in [0.05, 0.1) is 11.5 Å². The summed E-state index contributed by atoms with van der Waals surface area (Å²) in [7, 11) is -4.29. The van der Waals surface area contributed by atoms with Crippen LogP contribution in [0.3, 0.4) is 0 Å². The van der Waals surface area contributed by atoms with Crippen LogP contribution in [-0.2, 0) is 20.4 Å².